The predicted octanol–water partition coefficient (Wildman–Crippen LogP) is 2.03. The second-order valence-electron chi connectivity index (χ2n) is 5.12. The summed E-state index contributed by atoms with van der Waals surface area (Å²) in [5.41, 5.74) is 1.17. The predicted molar refractivity (Wildman–Crippen MR) is 85.5 cm³/mol. The van der Waals surface area contributed by atoms with E-state index in [4.69, 9.17) is 5.26 Å². The van der Waals surface area contributed by atoms with Crippen molar-refractivity contribution in [1.82, 2.24) is 10.6 Å². The molecule has 0 atom stereocenters. The van der Waals surface area contributed by atoms with Crippen LogP contribution >= 0.6 is 0 Å². The van der Waals surface area contributed by atoms with Gasteiger partial charge in [0, 0.05) is 18.5 Å². The fourth-order valence-corrected chi connectivity index (χ4v) is 1.99. The zero-order valence-corrected chi connectivity index (χ0v) is 12.8. The lowest BCUT2D eigenvalue weighted by molar-refractivity contribution is -0.121. The van der Waals surface area contributed by atoms with Gasteiger partial charge >= 0.3 is 0 Å². The maximum atomic E-state index is 11.1. The first kappa shape index (κ1) is 17.9. The first-order valence-corrected chi connectivity index (χ1v) is 7.69. The van der Waals surface area contributed by atoms with Crippen molar-refractivity contribution < 1.29 is 9.59 Å². The monoisotopic (exact) mass is 301 g/mol. The SMILES string of the molecule is N#Cc1ccc(C=O)cc1.O=C1CCCCNCCCCN1. The summed E-state index contributed by atoms with van der Waals surface area (Å²) in [5, 5.41) is 14.6. The van der Waals surface area contributed by atoms with Crippen LogP contribution in [0.2, 0.25) is 0 Å². The number of hydrogen-bond acceptors (Lipinski definition) is 4. The van der Waals surface area contributed by atoms with Gasteiger partial charge in [-0.2, -0.15) is 5.26 Å². The number of rotatable bonds is 1. The molecule has 0 aliphatic carbocycles. The quantitative estimate of drug-likeness (QED) is 0.778. The van der Waals surface area contributed by atoms with E-state index in [0.29, 0.717) is 17.5 Å². The smallest absolute Gasteiger partial charge is 0.219 e. The molecule has 0 spiro atoms. The van der Waals surface area contributed by atoms with Crippen LogP contribution in [0.25, 0.3) is 0 Å². The Bertz CT molecular complexity index is 478. The molecule has 1 aromatic rings. The van der Waals surface area contributed by atoms with Crippen molar-refractivity contribution in [3.05, 3.63) is 35.4 Å². The number of amides is 1. The lowest BCUT2D eigenvalue weighted by Crippen LogP contribution is -2.24. The highest BCUT2D eigenvalue weighted by molar-refractivity contribution is 5.75. The van der Waals surface area contributed by atoms with Crippen molar-refractivity contribution in [2.75, 3.05) is 19.6 Å². The molecule has 0 unspecified atom stereocenters. The van der Waals surface area contributed by atoms with Crippen LogP contribution < -0.4 is 10.6 Å². The molecule has 1 aromatic carbocycles. The van der Waals surface area contributed by atoms with E-state index < -0.39 is 0 Å². The molecule has 0 radical (unpaired) electrons. The van der Waals surface area contributed by atoms with Gasteiger partial charge in [0.1, 0.15) is 6.29 Å². The average Bonchev–Trinajstić information content (AvgIpc) is 2.62. The number of carbonyl (C=O) groups excluding carboxylic acids is 2. The molecule has 0 aromatic heterocycles. The van der Waals surface area contributed by atoms with Crippen LogP contribution in [0.1, 0.15) is 48.0 Å². The largest absolute Gasteiger partial charge is 0.356 e. The fraction of sp³-hybridized carbons (Fsp3) is 0.471. The minimum atomic E-state index is 0.219. The van der Waals surface area contributed by atoms with Gasteiger partial charge in [-0.05, 0) is 50.9 Å². The first-order chi connectivity index (χ1) is 10.8. The molecule has 1 fully saturated rings. The lowest BCUT2D eigenvalue weighted by Gasteiger charge is -2.02. The maximum Gasteiger partial charge on any atom is 0.219 e. The van der Waals surface area contributed by atoms with E-state index in [0.717, 1.165) is 45.2 Å². The van der Waals surface area contributed by atoms with Crippen LogP contribution in [0.5, 0.6) is 0 Å². The van der Waals surface area contributed by atoms with Gasteiger partial charge in [-0.1, -0.05) is 12.1 Å². The summed E-state index contributed by atoms with van der Waals surface area (Å²) >= 11 is 0. The normalized spacial score (nSPS) is 16.0. The molecule has 0 saturated carbocycles. The number of benzene rings is 1. The van der Waals surface area contributed by atoms with Crippen LogP contribution in [0.3, 0.4) is 0 Å². The molecule has 22 heavy (non-hydrogen) atoms. The Labute approximate surface area is 131 Å². The molecule has 2 rings (SSSR count). The molecule has 1 aliphatic rings. The zero-order chi connectivity index (χ0) is 16.0. The number of carbonyl (C=O) groups is 2. The molecule has 1 saturated heterocycles. The summed E-state index contributed by atoms with van der Waals surface area (Å²) in [6.45, 7) is 3.00. The highest BCUT2D eigenvalue weighted by Gasteiger charge is 2.01. The minimum absolute atomic E-state index is 0.219. The summed E-state index contributed by atoms with van der Waals surface area (Å²) in [6, 6.07) is 8.43. The van der Waals surface area contributed by atoms with Crippen LogP contribution in [-0.2, 0) is 4.79 Å². The van der Waals surface area contributed by atoms with E-state index in [1.165, 1.54) is 6.42 Å². The summed E-state index contributed by atoms with van der Waals surface area (Å²) in [5.74, 6) is 0.219. The van der Waals surface area contributed by atoms with E-state index in [2.05, 4.69) is 10.6 Å². The topological polar surface area (TPSA) is 82.0 Å². The van der Waals surface area contributed by atoms with Gasteiger partial charge in [-0.25, -0.2) is 0 Å². The van der Waals surface area contributed by atoms with Crippen LogP contribution in [-0.4, -0.2) is 31.8 Å². The third kappa shape index (κ3) is 8.18. The minimum Gasteiger partial charge on any atom is -0.356 e. The lowest BCUT2D eigenvalue weighted by atomic mass is 10.2. The summed E-state index contributed by atoms with van der Waals surface area (Å²) in [6.07, 6.45) is 5.84. The standard InChI is InChI=1S/C9H18N2O.C8H5NO/c12-9-5-1-2-6-10-7-3-4-8-11-9;9-5-7-1-3-8(6-10)4-2-7/h10H,1-8H2,(H,11,12);1-4,6H. The van der Waals surface area contributed by atoms with Crippen molar-refractivity contribution in [2.24, 2.45) is 0 Å². The molecule has 1 heterocycles. The van der Waals surface area contributed by atoms with E-state index in [1.807, 2.05) is 6.07 Å². The Kier molecular flexibility index (Phi) is 9.31. The highest BCUT2D eigenvalue weighted by Crippen LogP contribution is 1.99. The number of hydrogen-bond donors (Lipinski definition) is 2. The average molecular weight is 301 g/mol. The zero-order valence-electron chi connectivity index (χ0n) is 12.8. The van der Waals surface area contributed by atoms with Gasteiger partial charge in [0.25, 0.3) is 0 Å². The van der Waals surface area contributed by atoms with Gasteiger partial charge in [-0.3, -0.25) is 9.59 Å². The van der Waals surface area contributed by atoms with E-state index in [9.17, 15) is 9.59 Å². The molecule has 1 amide bonds. The van der Waals surface area contributed by atoms with E-state index >= 15 is 0 Å². The van der Waals surface area contributed by atoms with E-state index in [-0.39, 0.29) is 5.91 Å². The van der Waals surface area contributed by atoms with Crippen LogP contribution in [0.4, 0.5) is 0 Å². The third-order valence-corrected chi connectivity index (χ3v) is 3.29. The van der Waals surface area contributed by atoms with Crippen molar-refractivity contribution >= 4 is 12.2 Å². The van der Waals surface area contributed by atoms with Crippen LogP contribution in [0, 0.1) is 11.3 Å². The van der Waals surface area contributed by atoms with Crippen molar-refractivity contribution in [1.29, 1.82) is 5.26 Å². The Hall–Kier alpha value is -2.19. The molecule has 5 heteroatoms. The fourth-order valence-electron chi connectivity index (χ4n) is 1.99. The van der Waals surface area contributed by atoms with E-state index in [1.54, 1.807) is 24.3 Å². The molecule has 0 bridgehead atoms. The molecule has 1 aliphatic heterocycles. The van der Waals surface area contributed by atoms with Gasteiger partial charge in [0.05, 0.1) is 11.6 Å². The number of nitrogens with one attached hydrogen (secondary N) is 2. The van der Waals surface area contributed by atoms with Crippen molar-refractivity contribution in [3.63, 3.8) is 0 Å². The Morgan fingerprint density at radius 2 is 1.64 bits per heavy atom. The molecular formula is C17H23N3O2. The van der Waals surface area contributed by atoms with Crippen molar-refractivity contribution in [2.45, 2.75) is 32.1 Å². The van der Waals surface area contributed by atoms with Crippen LogP contribution in [0.15, 0.2) is 24.3 Å². The maximum absolute atomic E-state index is 11.1. The summed E-state index contributed by atoms with van der Waals surface area (Å²) < 4.78 is 0. The van der Waals surface area contributed by atoms with Gasteiger partial charge in [0.2, 0.25) is 5.91 Å². The Morgan fingerprint density at radius 1 is 1.00 bits per heavy atom. The highest BCUT2D eigenvalue weighted by atomic mass is 16.1. The molecule has 5 nitrogen and oxygen atoms in total. The first-order valence-electron chi connectivity index (χ1n) is 7.69. The van der Waals surface area contributed by atoms with Gasteiger partial charge in [0.15, 0.2) is 0 Å². The molecule has 2 N–H and O–H groups in total. The van der Waals surface area contributed by atoms with Crippen molar-refractivity contribution in [3.8, 4) is 6.07 Å². The number of nitrogens with zero attached hydrogens (tertiary/aromatic N) is 1. The summed E-state index contributed by atoms with van der Waals surface area (Å²) in [7, 11) is 0. The third-order valence-electron chi connectivity index (χ3n) is 3.29. The summed E-state index contributed by atoms with van der Waals surface area (Å²) in [4.78, 5) is 21.2. The number of aldehydes is 1. The molecular weight excluding hydrogens is 278 g/mol. The Balaban J connectivity index is 0.000000224. The second-order valence-corrected chi connectivity index (χ2v) is 5.12. The van der Waals surface area contributed by atoms with Gasteiger partial charge in [-0.15, -0.1) is 0 Å². The number of nitriles is 1. The second kappa shape index (κ2) is 11.5. The van der Waals surface area contributed by atoms with Gasteiger partial charge < -0.3 is 10.6 Å². The Morgan fingerprint density at radius 3 is 2.27 bits per heavy atom. The molecule has 118 valence electrons.